The van der Waals surface area contributed by atoms with E-state index < -0.39 is 0 Å². The number of carbonyl (C=O) groups is 1. The second kappa shape index (κ2) is 5.44. The summed E-state index contributed by atoms with van der Waals surface area (Å²) in [4.78, 5) is 11.8. The van der Waals surface area contributed by atoms with Crippen LogP contribution in [0.5, 0.6) is 0 Å². The van der Waals surface area contributed by atoms with E-state index >= 15 is 0 Å². The molecule has 118 valence electrons. The number of allylic oxidation sites excluding steroid dienone is 2. The molecule has 2 aliphatic rings. The number of carbonyl (C=O) groups excluding carboxylic acids is 1. The highest BCUT2D eigenvalue weighted by Crippen LogP contribution is 2.52. The molecule has 4 nitrogen and oxygen atoms in total. The highest BCUT2D eigenvalue weighted by molar-refractivity contribution is 5.91. The Labute approximate surface area is 136 Å². The lowest BCUT2D eigenvalue weighted by Crippen LogP contribution is -2.38. The van der Waals surface area contributed by atoms with Crippen molar-refractivity contribution in [3.63, 3.8) is 0 Å². The van der Waals surface area contributed by atoms with Gasteiger partial charge in [0.2, 0.25) is 0 Å². The minimum absolute atomic E-state index is 0.0355. The van der Waals surface area contributed by atoms with Gasteiger partial charge in [-0.15, -0.1) is 5.10 Å². The molecule has 1 aromatic heterocycles. The van der Waals surface area contributed by atoms with Gasteiger partial charge in [-0.1, -0.05) is 48.0 Å². The predicted molar refractivity (Wildman–Crippen MR) is 88.8 cm³/mol. The maximum absolute atomic E-state index is 11.8. The molecule has 23 heavy (non-hydrogen) atoms. The number of rotatable bonds is 2. The van der Waals surface area contributed by atoms with Gasteiger partial charge in [0.15, 0.2) is 5.78 Å². The van der Waals surface area contributed by atoms with E-state index in [-0.39, 0.29) is 11.2 Å². The summed E-state index contributed by atoms with van der Waals surface area (Å²) in [5, 5.41) is 8.80. The minimum atomic E-state index is 0.0355. The average molecular weight is 307 g/mol. The fourth-order valence-electron chi connectivity index (χ4n) is 4.11. The summed E-state index contributed by atoms with van der Waals surface area (Å²) in [5.74, 6) is 0.279. The summed E-state index contributed by atoms with van der Waals surface area (Å²) >= 11 is 0. The molecule has 1 heterocycles. The van der Waals surface area contributed by atoms with E-state index in [4.69, 9.17) is 0 Å². The molecule has 4 rings (SSSR count). The molecule has 2 aliphatic carbocycles. The molecule has 0 saturated heterocycles. The molecule has 0 amide bonds. The van der Waals surface area contributed by atoms with Gasteiger partial charge < -0.3 is 0 Å². The number of benzene rings is 1. The first-order valence-electron chi connectivity index (χ1n) is 8.38. The fourth-order valence-corrected chi connectivity index (χ4v) is 4.11. The van der Waals surface area contributed by atoms with Crippen LogP contribution in [-0.4, -0.2) is 20.8 Å². The second-order valence-electron chi connectivity index (χ2n) is 6.91. The van der Waals surface area contributed by atoms with Crippen LogP contribution >= 0.6 is 0 Å². The average Bonchev–Trinajstić information content (AvgIpc) is 3.05. The van der Waals surface area contributed by atoms with Crippen molar-refractivity contribution in [3.8, 4) is 11.3 Å². The predicted octanol–water partition coefficient (Wildman–Crippen LogP) is 3.97. The minimum Gasteiger partial charge on any atom is -0.295 e. The molecule has 4 heteroatoms. The molecular formula is C19H21N3O. The van der Waals surface area contributed by atoms with Crippen LogP contribution in [0.25, 0.3) is 11.3 Å². The molecule has 0 aliphatic heterocycles. The van der Waals surface area contributed by atoms with Crippen LogP contribution in [0.2, 0.25) is 0 Å². The van der Waals surface area contributed by atoms with Gasteiger partial charge in [-0.2, -0.15) is 0 Å². The Morgan fingerprint density at radius 3 is 2.87 bits per heavy atom. The van der Waals surface area contributed by atoms with E-state index in [1.807, 2.05) is 29.0 Å². The van der Waals surface area contributed by atoms with Crippen molar-refractivity contribution >= 4 is 5.78 Å². The quantitative estimate of drug-likeness (QED) is 0.843. The van der Waals surface area contributed by atoms with Gasteiger partial charge in [-0.25, -0.2) is 4.68 Å². The summed E-state index contributed by atoms with van der Waals surface area (Å²) in [7, 11) is 0. The van der Waals surface area contributed by atoms with Crippen LogP contribution in [0.3, 0.4) is 0 Å². The van der Waals surface area contributed by atoms with Gasteiger partial charge in [0.1, 0.15) is 5.69 Å². The molecule has 1 saturated carbocycles. The maximum Gasteiger partial charge on any atom is 0.155 e. The Morgan fingerprint density at radius 2 is 2.04 bits per heavy atom. The molecule has 2 aromatic rings. The second-order valence-corrected chi connectivity index (χ2v) is 6.91. The molecular weight excluding hydrogens is 286 g/mol. The molecule has 2 atom stereocenters. The highest BCUT2D eigenvalue weighted by atomic mass is 16.1. The van der Waals surface area contributed by atoms with Crippen LogP contribution in [0.4, 0.5) is 0 Å². The Kier molecular flexibility index (Phi) is 3.40. The molecule has 0 unspecified atom stereocenters. The van der Waals surface area contributed by atoms with E-state index in [1.54, 1.807) is 0 Å². The zero-order chi connectivity index (χ0) is 15.9. The third-order valence-corrected chi connectivity index (χ3v) is 5.52. The van der Waals surface area contributed by atoms with Crippen LogP contribution in [0.15, 0.2) is 48.2 Å². The van der Waals surface area contributed by atoms with Gasteiger partial charge in [-0.05, 0) is 31.8 Å². The van der Waals surface area contributed by atoms with Crippen molar-refractivity contribution in [1.82, 2.24) is 15.0 Å². The highest BCUT2D eigenvalue weighted by Gasteiger charge is 2.44. The number of fused-ring (bicyclic) bond motifs is 1. The third-order valence-electron chi connectivity index (χ3n) is 5.52. The van der Waals surface area contributed by atoms with Crippen molar-refractivity contribution < 1.29 is 4.79 Å². The van der Waals surface area contributed by atoms with Crippen LogP contribution < -0.4 is 0 Å². The lowest BCUT2D eigenvalue weighted by molar-refractivity contribution is -0.116. The first-order chi connectivity index (χ1) is 11.2. The van der Waals surface area contributed by atoms with Crippen LogP contribution in [0.1, 0.15) is 45.1 Å². The number of hydrogen-bond acceptors (Lipinski definition) is 3. The van der Waals surface area contributed by atoms with Gasteiger partial charge in [0, 0.05) is 17.4 Å². The number of hydrogen-bond donors (Lipinski definition) is 0. The topological polar surface area (TPSA) is 47.8 Å². The van der Waals surface area contributed by atoms with E-state index in [1.165, 1.54) is 5.57 Å². The first kappa shape index (κ1) is 14.4. The van der Waals surface area contributed by atoms with Crippen molar-refractivity contribution in [2.45, 2.75) is 45.1 Å². The Morgan fingerprint density at radius 1 is 1.22 bits per heavy atom. The smallest absolute Gasteiger partial charge is 0.155 e. The zero-order valence-electron chi connectivity index (χ0n) is 13.4. The van der Waals surface area contributed by atoms with Crippen LogP contribution in [-0.2, 0) is 4.79 Å². The molecule has 0 radical (unpaired) electrons. The lowest BCUT2D eigenvalue weighted by Gasteiger charge is -2.45. The Hall–Kier alpha value is -2.23. The van der Waals surface area contributed by atoms with Gasteiger partial charge in [0.05, 0.1) is 12.2 Å². The first-order valence-corrected chi connectivity index (χ1v) is 8.38. The molecule has 0 bridgehead atoms. The van der Waals surface area contributed by atoms with Crippen molar-refractivity contribution in [2.24, 2.45) is 5.41 Å². The van der Waals surface area contributed by atoms with E-state index in [0.717, 1.165) is 36.9 Å². The van der Waals surface area contributed by atoms with Crippen molar-refractivity contribution in [3.05, 3.63) is 48.2 Å². The van der Waals surface area contributed by atoms with Crippen LogP contribution in [0, 0.1) is 5.41 Å². The van der Waals surface area contributed by atoms with E-state index in [0.29, 0.717) is 12.5 Å². The van der Waals surface area contributed by atoms with Gasteiger partial charge in [-0.3, -0.25) is 4.79 Å². The molecule has 0 N–H and O–H groups in total. The molecule has 0 spiro atoms. The SMILES string of the molecule is C[C@]12CCC(=O)C=C1CCC[C@H]2n1cc(-c2ccccc2)nn1. The van der Waals surface area contributed by atoms with Gasteiger partial charge >= 0.3 is 0 Å². The Bertz CT molecular complexity index is 762. The normalized spacial score (nSPS) is 27.4. The lowest BCUT2D eigenvalue weighted by atomic mass is 9.63. The third kappa shape index (κ3) is 2.42. The summed E-state index contributed by atoms with van der Waals surface area (Å²) in [6.45, 7) is 2.29. The Balaban J connectivity index is 1.69. The molecule has 1 aromatic carbocycles. The maximum atomic E-state index is 11.8. The number of ketones is 1. The molecule has 1 fully saturated rings. The van der Waals surface area contributed by atoms with Crippen molar-refractivity contribution in [2.75, 3.05) is 0 Å². The summed E-state index contributed by atoms with van der Waals surface area (Å²) in [5.41, 5.74) is 3.35. The number of aromatic nitrogens is 3. The zero-order valence-corrected chi connectivity index (χ0v) is 13.4. The van der Waals surface area contributed by atoms with E-state index in [2.05, 4.69) is 35.6 Å². The standard InChI is InChI=1S/C19H21N3O/c1-19-11-10-16(23)12-15(19)8-5-9-18(19)22-13-17(20-21-22)14-6-3-2-4-7-14/h2-4,6-7,12-13,18H,5,8-11H2,1H3/t18-,19+/m1/s1. The summed E-state index contributed by atoms with van der Waals surface area (Å²) in [6.07, 6.45) is 8.77. The number of nitrogens with zero attached hydrogens (tertiary/aromatic N) is 3. The summed E-state index contributed by atoms with van der Waals surface area (Å²) in [6, 6.07) is 10.4. The summed E-state index contributed by atoms with van der Waals surface area (Å²) < 4.78 is 2.03. The van der Waals surface area contributed by atoms with Crippen molar-refractivity contribution in [1.29, 1.82) is 0 Å². The van der Waals surface area contributed by atoms with Gasteiger partial charge in [0.25, 0.3) is 0 Å². The monoisotopic (exact) mass is 307 g/mol. The fraction of sp³-hybridized carbons (Fsp3) is 0.421. The van der Waals surface area contributed by atoms with E-state index in [9.17, 15) is 4.79 Å². The largest absolute Gasteiger partial charge is 0.295 e.